The Kier molecular flexibility index (Phi) is 4.19. The third kappa shape index (κ3) is 2.84. The second kappa shape index (κ2) is 6.45. The van der Waals surface area contributed by atoms with Gasteiger partial charge in [0.15, 0.2) is 0 Å². The second-order valence-electron chi connectivity index (χ2n) is 7.48. The van der Waals surface area contributed by atoms with Gasteiger partial charge in [-0.25, -0.2) is 4.39 Å². The molecule has 1 fully saturated rings. The van der Waals surface area contributed by atoms with Crippen LogP contribution in [-0.4, -0.2) is 17.2 Å². The second-order valence-corrected chi connectivity index (χ2v) is 7.48. The summed E-state index contributed by atoms with van der Waals surface area (Å²) in [4.78, 5) is 6.20. The number of nitriles is 1. The van der Waals surface area contributed by atoms with Gasteiger partial charge in [0.05, 0.1) is 29.3 Å². The highest BCUT2D eigenvalue weighted by molar-refractivity contribution is 5.76. The van der Waals surface area contributed by atoms with Gasteiger partial charge in [-0.3, -0.25) is 4.98 Å². The first-order valence-electron chi connectivity index (χ1n) is 9.21. The van der Waals surface area contributed by atoms with Gasteiger partial charge >= 0.3 is 0 Å². The van der Waals surface area contributed by atoms with E-state index >= 15 is 0 Å². The topological polar surface area (TPSA) is 66.0 Å². The number of aromatic nitrogens is 2. The van der Waals surface area contributed by atoms with Gasteiger partial charge in [-0.1, -0.05) is 17.3 Å². The molecule has 0 radical (unpaired) electrons. The molecular formula is C22H21FN4O. The van der Waals surface area contributed by atoms with E-state index in [1.54, 1.807) is 6.20 Å². The van der Waals surface area contributed by atoms with Crippen molar-refractivity contribution in [2.75, 3.05) is 11.9 Å². The van der Waals surface area contributed by atoms with E-state index in [9.17, 15) is 9.65 Å². The number of nitrogens with zero attached hydrogens (tertiary/aromatic N) is 4. The Morgan fingerprint density at radius 3 is 2.54 bits per heavy atom. The maximum absolute atomic E-state index is 14.7. The molecule has 0 aliphatic heterocycles. The van der Waals surface area contributed by atoms with Gasteiger partial charge in [0, 0.05) is 24.4 Å². The normalized spacial score (nSPS) is 14.6. The number of rotatable bonds is 4. The monoisotopic (exact) mass is 376 g/mol. The first-order valence-corrected chi connectivity index (χ1v) is 9.21. The zero-order valence-corrected chi connectivity index (χ0v) is 16.4. The van der Waals surface area contributed by atoms with Crippen LogP contribution >= 0.6 is 0 Å². The molecule has 1 aromatic carbocycles. The summed E-state index contributed by atoms with van der Waals surface area (Å²) in [5, 5.41) is 13.3. The summed E-state index contributed by atoms with van der Waals surface area (Å²) in [5.74, 6) is 0.334. The van der Waals surface area contributed by atoms with E-state index in [1.807, 2.05) is 50.9 Å². The van der Waals surface area contributed by atoms with Crippen molar-refractivity contribution in [3.8, 4) is 17.2 Å². The van der Waals surface area contributed by atoms with Crippen molar-refractivity contribution in [3.05, 3.63) is 59.0 Å². The molecule has 0 atom stereocenters. The molecule has 28 heavy (non-hydrogen) atoms. The van der Waals surface area contributed by atoms with E-state index in [4.69, 9.17) is 4.52 Å². The maximum Gasteiger partial charge on any atom is 0.148 e. The third-order valence-corrected chi connectivity index (χ3v) is 5.52. The van der Waals surface area contributed by atoms with Crippen LogP contribution in [0.4, 0.5) is 15.8 Å². The lowest BCUT2D eigenvalue weighted by atomic mass is 10.0. The van der Waals surface area contributed by atoms with Crippen LogP contribution in [-0.2, 0) is 5.41 Å². The molecule has 3 aromatic rings. The predicted molar refractivity (Wildman–Crippen MR) is 105 cm³/mol. The lowest BCUT2D eigenvalue weighted by molar-refractivity contribution is 0.393. The Morgan fingerprint density at radius 2 is 1.96 bits per heavy atom. The summed E-state index contributed by atoms with van der Waals surface area (Å²) in [7, 11) is 1.88. The first kappa shape index (κ1) is 18.2. The summed E-state index contributed by atoms with van der Waals surface area (Å²) in [6.45, 7) is 5.81. The fraction of sp³-hybridized carbons (Fsp3) is 0.318. The average molecular weight is 376 g/mol. The van der Waals surface area contributed by atoms with E-state index in [0.717, 1.165) is 33.8 Å². The van der Waals surface area contributed by atoms with Crippen molar-refractivity contribution in [1.82, 2.24) is 10.1 Å². The Labute approximate surface area is 163 Å². The molecule has 0 saturated heterocycles. The highest BCUT2D eigenvalue weighted by atomic mass is 19.1. The molecule has 2 heterocycles. The Bertz CT molecular complexity index is 1090. The van der Waals surface area contributed by atoms with E-state index in [1.165, 1.54) is 6.07 Å². The van der Waals surface area contributed by atoms with Gasteiger partial charge in [-0.2, -0.15) is 5.26 Å². The average Bonchev–Trinajstić information content (AvgIpc) is 3.41. The Morgan fingerprint density at radius 1 is 1.21 bits per heavy atom. The summed E-state index contributed by atoms with van der Waals surface area (Å²) in [6.07, 6.45) is 2.97. The van der Waals surface area contributed by atoms with Crippen molar-refractivity contribution >= 4 is 11.4 Å². The highest BCUT2D eigenvalue weighted by Gasteiger charge is 2.48. The smallest absolute Gasteiger partial charge is 0.148 e. The zero-order chi connectivity index (χ0) is 20.1. The molecule has 5 nitrogen and oxygen atoms in total. The molecule has 1 aliphatic carbocycles. The van der Waals surface area contributed by atoms with Crippen molar-refractivity contribution in [1.29, 1.82) is 5.26 Å². The molecule has 0 bridgehead atoms. The maximum atomic E-state index is 14.7. The van der Waals surface area contributed by atoms with Gasteiger partial charge in [-0.05, 0) is 50.8 Å². The summed E-state index contributed by atoms with van der Waals surface area (Å²) >= 11 is 0. The highest BCUT2D eigenvalue weighted by Crippen LogP contribution is 2.48. The molecule has 0 spiro atoms. The number of hydrogen-bond donors (Lipinski definition) is 0. The minimum atomic E-state index is -0.736. The van der Waals surface area contributed by atoms with Crippen molar-refractivity contribution < 1.29 is 8.91 Å². The number of aryl methyl sites for hydroxylation is 3. The molecular weight excluding hydrogens is 355 g/mol. The molecule has 1 saturated carbocycles. The Balaban J connectivity index is 1.73. The molecule has 4 rings (SSSR count). The zero-order valence-electron chi connectivity index (χ0n) is 16.4. The van der Waals surface area contributed by atoms with Crippen LogP contribution in [0.2, 0.25) is 0 Å². The van der Waals surface area contributed by atoms with E-state index in [0.29, 0.717) is 18.5 Å². The van der Waals surface area contributed by atoms with Crippen LogP contribution in [0.1, 0.15) is 35.6 Å². The van der Waals surface area contributed by atoms with Crippen molar-refractivity contribution in [2.45, 2.75) is 39.0 Å². The molecule has 1 aliphatic rings. The minimum absolute atomic E-state index is 0.258. The van der Waals surface area contributed by atoms with Crippen LogP contribution in [0.5, 0.6) is 0 Å². The fourth-order valence-electron chi connectivity index (χ4n) is 3.65. The van der Waals surface area contributed by atoms with E-state index in [2.05, 4.69) is 16.2 Å². The van der Waals surface area contributed by atoms with Crippen LogP contribution in [0.25, 0.3) is 11.1 Å². The molecule has 6 heteroatoms. The number of halogens is 1. The van der Waals surface area contributed by atoms with Crippen molar-refractivity contribution in [2.24, 2.45) is 0 Å². The van der Waals surface area contributed by atoms with E-state index < -0.39 is 11.2 Å². The van der Waals surface area contributed by atoms with E-state index in [-0.39, 0.29) is 5.69 Å². The molecule has 0 unspecified atom stereocenters. The van der Waals surface area contributed by atoms with Gasteiger partial charge < -0.3 is 9.42 Å². The molecule has 2 aromatic heterocycles. The van der Waals surface area contributed by atoms with Crippen LogP contribution in [0.15, 0.2) is 35.0 Å². The standard InChI is InChI=1S/C22H21FN4O/c1-13-5-6-16(20-14(2)26-28-15(20)3)9-19(13)27(4)17-10-18(23)21(25-11-17)22(12-24)7-8-22/h5-6,9-11H,7-8H2,1-4H3. The summed E-state index contributed by atoms with van der Waals surface area (Å²) in [5.41, 5.74) is 4.95. The largest absolute Gasteiger partial charge is 0.361 e. The third-order valence-electron chi connectivity index (χ3n) is 5.52. The molecule has 0 N–H and O–H groups in total. The number of benzene rings is 1. The van der Waals surface area contributed by atoms with Gasteiger partial charge in [-0.15, -0.1) is 0 Å². The van der Waals surface area contributed by atoms with Gasteiger partial charge in [0.1, 0.15) is 17.0 Å². The van der Waals surface area contributed by atoms with Gasteiger partial charge in [0.2, 0.25) is 0 Å². The fourth-order valence-corrected chi connectivity index (χ4v) is 3.65. The number of hydrogen-bond acceptors (Lipinski definition) is 5. The number of pyridine rings is 1. The summed E-state index contributed by atoms with van der Waals surface area (Å²) < 4.78 is 20.0. The van der Waals surface area contributed by atoms with Crippen LogP contribution in [0, 0.1) is 37.9 Å². The lowest BCUT2D eigenvalue weighted by Crippen LogP contribution is -2.14. The summed E-state index contributed by atoms with van der Waals surface area (Å²) in [6, 6.07) is 9.77. The SMILES string of the molecule is Cc1ccc(-c2c(C)noc2C)cc1N(C)c1cnc(C2(C#N)CC2)c(F)c1. The van der Waals surface area contributed by atoms with Crippen molar-refractivity contribution in [3.63, 3.8) is 0 Å². The van der Waals surface area contributed by atoms with Gasteiger partial charge in [0.25, 0.3) is 0 Å². The quantitative estimate of drug-likeness (QED) is 0.632. The predicted octanol–water partition coefficient (Wildman–Crippen LogP) is 5.12. The molecule has 0 amide bonds. The lowest BCUT2D eigenvalue weighted by Gasteiger charge is -2.23. The minimum Gasteiger partial charge on any atom is -0.361 e. The van der Waals surface area contributed by atoms with Crippen LogP contribution < -0.4 is 4.90 Å². The van der Waals surface area contributed by atoms with Crippen LogP contribution in [0.3, 0.4) is 0 Å². The first-order chi connectivity index (χ1) is 13.4. The molecule has 142 valence electrons. The Hall–Kier alpha value is -3.20. The number of anilines is 2.